The Kier molecular flexibility index (Phi) is 4.12. The molecule has 7 heteroatoms. The average Bonchev–Trinajstić information content (AvgIpc) is 2.74. The van der Waals surface area contributed by atoms with Crippen LogP contribution in [-0.2, 0) is 16.6 Å². The zero-order valence-corrected chi connectivity index (χ0v) is 14.0. The molecule has 1 aliphatic rings. The summed E-state index contributed by atoms with van der Waals surface area (Å²) in [5.74, 6) is -0.320. The number of fused-ring (bicyclic) bond motifs is 1. The minimum Gasteiger partial charge on any atom is -0.324 e. The summed E-state index contributed by atoms with van der Waals surface area (Å²) in [4.78, 5) is 25.4. The number of thioether (sulfide) groups is 1. The van der Waals surface area contributed by atoms with Crippen molar-refractivity contribution in [2.24, 2.45) is 7.05 Å². The molecule has 1 atom stereocenters. The molecule has 2 aromatic rings. The highest BCUT2D eigenvalue weighted by atomic mass is 32.2. The maximum absolute atomic E-state index is 12.3. The number of amides is 2. The van der Waals surface area contributed by atoms with Gasteiger partial charge in [0.1, 0.15) is 0 Å². The van der Waals surface area contributed by atoms with Crippen molar-refractivity contribution in [3.05, 3.63) is 35.7 Å². The summed E-state index contributed by atoms with van der Waals surface area (Å²) in [5, 5.41) is 9.57. The number of benzene rings is 1. The fraction of sp³-hybridized carbons (Fsp3) is 0.312. The maximum Gasteiger partial charge on any atom is 0.238 e. The third-order valence-corrected chi connectivity index (χ3v) is 5.13. The lowest BCUT2D eigenvalue weighted by molar-refractivity contribution is -0.120. The summed E-state index contributed by atoms with van der Waals surface area (Å²) in [6, 6.07) is 7.60. The smallest absolute Gasteiger partial charge is 0.238 e. The van der Waals surface area contributed by atoms with Crippen molar-refractivity contribution < 1.29 is 9.59 Å². The van der Waals surface area contributed by atoms with E-state index < -0.39 is 5.25 Å². The van der Waals surface area contributed by atoms with E-state index in [1.54, 1.807) is 4.68 Å². The molecule has 1 aliphatic heterocycles. The van der Waals surface area contributed by atoms with E-state index in [1.807, 2.05) is 45.2 Å². The van der Waals surface area contributed by atoms with Crippen LogP contribution in [0.5, 0.6) is 0 Å². The fourth-order valence-corrected chi connectivity index (χ4v) is 3.65. The molecular formula is C16H18N4O2S. The minimum atomic E-state index is -0.429. The molecule has 23 heavy (non-hydrogen) atoms. The van der Waals surface area contributed by atoms with E-state index in [0.717, 1.165) is 27.7 Å². The van der Waals surface area contributed by atoms with E-state index in [9.17, 15) is 9.59 Å². The molecule has 0 spiro atoms. The lowest BCUT2D eigenvalue weighted by Crippen LogP contribution is -2.32. The summed E-state index contributed by atoms with van der Waals surface area (Å²) in [6.07, 6.45) is 0.124. The molecule has 2 amide bonds. The number of hydrogen-bond acceptors (Lipinski definition) is 4. The van der Waals surface area contributed by atoms with Crippen molar-refractivity contribution in [1.82, 2.24) is 9.78 Å². The number of hydrogen-bond donors (Lipinski definition) is 2. The van der Waals surface area contributed by atoms with E-state index in [-0.39, 0.29) is 18.2 Å². The molecule has 0 aliphatic carbocycles. The number of para-hydroxylation sites is 1. The Hall–Kier alpha value is -2.28. The number of carbonyl (C=O) groups is 2. The summed E-state index contributed by atoms with van der Waals surface area (Å²) < 4.78 is 1.73. The van der Waals surface area contributed by atoms with Crippen LogP contribution in [0.2, 0.25) is 0 Å². The van der Waals surface area contributed by atoms with E-state index >= 15 is 0 Å². The van der Waals surface area contributed by atoms with Gasteiger partial charge in [-0.2, -0.15) is 5.10 Å². The standard InChI is InChI=1S/C16H18N4O2S/c1-9-15(10(2)20(3)19-9)18-14(21)8-13-16(22)17-11-6-4-5-7-12(11)23-13/h4-7,13H,8H2,1-3H3,(H,17,22)(H,18,21)/t13-/m1/s1. The first-order valence-electron chi connectivity index (χ1n) is 7.32. The molecule has 0 fully saturated rings. The van der Waals surface area contributed by atoms with Crippen molar-refractivity contribution in [2.45, 2.75) is 30.4 Å². The Morgan fingerprint density at radius 1 is 1.39 bits per heavy atom. The summed E-state index contributed by atoms with van der Waals surface area (Å²) >= 11 is 1.42. The minimum absolute atomic E-state index is 0.124. The number of anilines is 2. The number of carbonyl (C=O) groups excluding carboxylic acids is 2. The number of nitrogens with zero attached hydrogens (tertiary/aromatic N) is 2. The second kappa shape index (κ2) is 6.08. The lowest BCUT2D eigenvalue weighted by atomic mass is 10.2. The molecule has 1 aromatic heterocycles. The van der Waals surface area contributed by atoms with Crippen LogP contribution in [0, 0.1) is 13.8 Å². The monoisotopic (exact) mass is 330 g/mol. The number of aryl methyl sites for hydroxylation is 2. The maximum atomic E-state index is 12.3. The highest BCUT2D eigenvalue weighted by molar-refractivity contribution is 8.01. The molecule has 0 saturated carbocycles. The predicted octanol–water partition coefficient (Wildman–Crippen LogP) is 2.48. The molecule has 1 aromatic carbocycles. The molecule has 2 heterocycles. The molecule has 3 rings (SSSR count). The highest BCUT2D eigenvalue weighted by Gasteiger charge is 2.29. The van der Waals surface area contributed by atoms with Crippen LogP contribution in [0.1, 0.15) is 17.8 Å². The molecule has 0 radical (unpaired) electrons. The Bertz CT molecular complexity index is 784. The first-order valence-corrected chi connectivity index (χ1v) is 8.20. The molecule has 2 N–H and O–H groups in total. The van der Waals surface area contributed by atoms with Gasteiger partial charge in [-0.25, -0.2) is 0 Å². The van der Waals surface area contributed by atoms with Crippen molar-refractivity contribution in [3.63, 3.8) is 0 Å². The van der Waals surface area contributed by atoms with Crippen LogP contribution >= 0.6 is 11.8 Å². The van der Waals surface area contributed by atoms with E-state index in [4.69, 9.17) is 0 Å². The fourth-order valence-electron chi connectivity index (χ4n) is 2.54. The number of aromatic nitrogens is 2. The van der Waals surface area contributed by atoms with E-state index in [0.29, 0.717) is 0 Å². The largest absolute Gasteiger partial charge is 0.324 e. The Labute approximate surface area is 138 Å². The Balaban J connectivity index is 1.70. The van der Waals surface area contributed by atoms with Crippen molar-refractivity contribution in [1.29, 1.82) is 0 Å². The van der Waals surface area contributed by atoms with Crippen LogP contribution in [0.3, 0.4) is 0 Å². The normalized spacial score (nSPS) is 16.7. The second-order valence-electron chi connectivity index (χ2n) is 5.51. The molecule has 0 bridgehead atoms. The average molecular weight is 330 g/mol. The predicted molar refractivity (Wildman–Crippen MR) is 90.6 cm³/mol. The Morgan fingerprint density at radius 2 is 2.13 bits per heavy atom. The van der Waals surface area contributed by atoms with Gasteiger partial charge in [0.25, 0.3) is 0 Å². The van der Waals surface area contributed by atoms with Gasteiger partial charge >= 0.3 is 0 Å². The van der Waals surface area contributed by atoms with Crippen LogP contribution < -0.4 is 10.6 Å². The number of rotatable bonds is 3. The van der Waals surface area contributed by atoms with Gasteiger partial charge in [0.05, 0.1) is 28.0 Å². The SMILES string of the molecule is Cc1nn(C)c(C)c1NC(=O)C[C@H]1Sc2ccccc2NC1=O. The number of nitrogens with one attached hydrogen (secondary N) is 2. The summed E-state index contributed by atoms with van der Waals surface area (Å²) in [6.45, 7) is 3.74. The zero-order chi connectivity index (χ0) is 16.6. The first-order chi connectivity index (χ1) is 11.0. The third kappa shape index (κ3) is 3.10. The van der Waals surface area contributed by atoms with E-state index in [1.165, 1.54) is 11.8 Å². The van der Waals surface area contributed by atoms with Crippen molar-refractivity contribution in [3.8, 4) is 0 Å². The molecule has 120 valence electrons. The molecular weight excluding hydrogens is 312 g/mol. The lowest BCUT2D eigenvalue weighted by Gasteiger charge is -2.23. The molecule has 6 nitrogen and oxygen atoms in total. The van der Waals surface area contributed by atoms with Crippen molar-refractivity contribution >= 4 is 35.0 Å². The van der Waals surface area contributed by atoms with Gasteiger partial charge in [-0.3, -0.25) is 14.3 Å². The quantitative estimate of drug-likeness (QED) is 0.906. The van der Waals surface area contributed by atoms with Gasteiger partial charge in [-0.1, -0.05) is 12.1 Å². The van der Waals surface area contributed by atoms with Crippen LogP contribution in [0.4, 0.5) is 11.4 Å². The van der Waals surface area contributed by atoms with Gasteiger partial charge in [0, 0.05) is 18.4 Å². The first kappa shape index (κ1) is 15.6. The topological polar surface area (TPSA) is 76.0 Å². The van der Waals surface area contributed by atoms with Gasteiger partial charge < -0.3 is 10.6 Å². The van der Waals surface area contributed by atoms with Gasteiger partial charge in [0.2, 0.25) is 11.8 Å². The van der Waals surface area contributed by atoms with Crippen molar-refractivity contribution in [2.75, 3.05) is 10.6 Å². The van der Waals surface area contributed by atoms with E-state index in [2.05, 4.69) is 15.7 Å². The second-order valence-corrected chi connectivity index (χ2v) is 6.76. The zero-order valence-electron chi connectivity index (χ0n) is 13.2. The molecule has 0 unspecified atom stereocenters. The van der Waals surface area contributed by atoms with Gasteiger partial charge in [0.15, 0.2) is 0 Å². The summed E-state index contributed by atoms with van der Waals surface area (Å²) in [7, 11) is 1.83. The molecule has 0 saturated heterocycles. The van der Waals surface area contributed by atoms with Crippen LogP contribution in [0.15, 0.2) is 29.2 Å². The Morgan fingerprint density at radius 3 is 2.83 bits per heavy atom. The van der Waals surface area contributed by atoms with Crippen LogP contribution in [0.25, 0.3) is 0 Å². The van der Waals surface area contributed by atoms with Crippen LogP contribution in [-0.4, -0.2) is 26.8 Å². The van der Waals surface area contributed by atoms with Gasteiger partial charge in [-0.15, -0.1) is 11.8 Å². The van der Waals surface area contributed by atoms with Gasteiger partial charge in [-0.05, 0) is 26.0 Å². The summed E-state index contributed by atoms with van der Waals surface area (Å²) in [5.41, 5.74) is 3.18. The third-order valence-electron chi connectivity index (χ3n) is 3.85. The highest BCUT2D eigenvalue weighted by Crippen LogP contribution is 2.36.